The van der Waals surface area contributed by atoms with E-state index in [1.54, 1.807) is 0 Å². The van der Waals surface area contributed by atoms with Gasteiger partial charge < -0.3 is 4.74 Å². The molecule has 5 heteroatoms. The second-order valence-corrected chi connectivity index (χ2v) is 2.23. The summed E-state index contributed by atoms with van der Waals surface area (Å²) in [5, 5.41) is 0. The van der Waals surface area contributed by atoms with Gasteiger partial charge in [-0.25, -0.2) is 4.90 Å². The van der Waals surface area contributed by atoms with Crippen molar-refractivity contribution in [2.24, 2.45) is 0 Å². The number of amides is 2. The van der Waals surface area contributed by atoms with E-state index in [-0.39, 0.29) is 6.73 Å². The molecule has 0 bridgehead atoms. The monoisotopic (exact) mass is 173 g/mol. The number of nitrogens with zero attached hydrogens (tertiary/aromatic N) is 1. The average molecular weight is 173 g/mol. The third kappa shape index (κ3) is 3.70. The molecule has 12 heavy (non-hydrogen) atoms. The lowest BCUT2D eigenvalue weighted by Crippen LogP contribution is -2.35. The first-order valence-corrected chi connectivity index (χ1v) is 3.37. The normalized spacial score (nSPS) is 8.92. The lowest BCUT2D eigenvalue weighted by molar-refractivity contribution is -0.155. The molecule has 0 aliphatic rings. The Hall–Kier alpha value is -1.39. The van der Waals surface area contributed by atoms with Crippen molar-refractivity contribution in [1.82, 2.24) is 4.90 Å². The van der Waals surface area contributed by atoms with Crippen LogP contribution in [0.25, 0.3) is 0 Å². The summed E-state index contributed by atoms with van der Waals surface area (Å²) >= 11 is 0. The summed E-state index contributed by atoms with van der Waals surface area (Å²) in [4.78, 5) is 32.6. The second kappa shape index (κ2) is 4.48. The van der Waals surface area contributed by atoms with Crippen LogP contribution in [0.3, 0.4) is 0 Å². The van der Waals surface area contributed by atoms with Crippen LogP contribution in [0.5, 0.6) is 0 Å². The number of ether oxygens (including phenoxy) is 1. The summed E-state index contributed by atoms with van der Waals surface area (Å²) in [6, 6.07) is 0. The maximum absolute atomic E-state index is 10.7. The molecule has 0 atom stereocenters. The zero-order chi connectivity index (χ0) is 9.72. The van der Waals surface area contributed by atoms with E-state index in [4.69, 9.17) is 0 Å². The second-order valence-electron chi connectivity index (χ2n) is 2.23. The number of rotatable bonds is 2. The highest BCUT2D eigenvalue weighted by Crippen LogP contribution is 1.91. The quantitative estimate of drug-likeness (QED) is 0.432. The van der Waals surface area contributed by atoms with Crippen LogP contribution in [-0.4, -0.2) is 29.4 Å². The predicted octanol–water partition coefficient (Wildman–Crippen LogP) is -0.0980. The Balaban J connectivity index is 4.06. The Morgan fingerprint density at radius 1 is 1.08 bits per heavy atom. The molecule has 0 rings (SSSR count). The first-order chi connectivity index (χ1) is 5.45. The highest BCUT2D eigenvalue weighted by Gasteiger charge is 2.13. The van der Waals surface area contributed by atoms with Gasteiger partial charge in [0.1, 0.15) is 0 Å². The molecule has 0 aliphatic heterocycles. The van der Waals surface area contributed by atoms with Gasteiger partial charge in [-0.2, -0.15) is 0 Å². The number of hydrogen-bond donors (Lipinski definition) is 0. The van der Waals surface area contributed by atoms with Crippen LogP contribution < -0.4 is 0 Å². The van der Waals surface area contributed by atoms with Crippen LogP contribution in [0.2, 0.25) is 0 Å². The molecule has 0 spiro atoms. The van der Waals surface area contributed by atoms with Crippen molar-refractivity contribution in [3.63, 3.8) is 0 Å². The molecule has 5 nitrogen and oxygen atoms in total. The molecule has 68 valence electrons. The minimum atomic E-state index is -0.525. The van der Waals surface area contributed by atoms with E-state index in [9.17, 15) is 14.4 Å². The zero-order valence-electron chi connectivity index (χ0n) is 7.29. The van der Waals surface area contributed by atoms with Gasteiger partial charge >= 0.3 is 5.97 Å². The van der Waals surface area contributed by atoms with Gasteiger partial charge in [-0.15, -0.1) is 0 Å². The molecule has 0 unspecified atom stereocenters. The summed E-state index contributed by atoms with van der Waals surface area (Å²) in [7, 11) is 0. The van der Waals surface area contributed by atoms with Gasteiger partial charge in [0.25, 0.3) is 0 Å². The van der Waals surface area contributed by atoms with Crippen molar-refractivity contribution in [1.29, 1.82) is 0 Å². The van der Waals surface area contributed by atoms with Gasteiger partial charge in [0.15, 0.2) is 6.73 Å². The van der Waals surface area contributed by atoms with Crippen molar-refractivity contribution in [3.05, 3.63) is 0 Å². The van der Waals surface area contributed by atoms with E-state index in [0.29, 0.717) is 0 Å². The lowest BCUT2D eigenvalue weighted by Gasteiger charge is -2.15. The zero-order valence-corrected chi connectivity index (χ0v) is 7.29. The molecule has 0 aromatic rings. The molecule has 0 saturated carbocycles. The summed E-state index contributed by atoms with van der Waals surface area (Å²) in [5.74, 6) is -1.41. The van der Waals surface area contributed by atoms with Gasteiger partial charge in [0, 0.05) is 20.8 Å². The van der Waals surface area contributed by atoms with Crippen molar-refractivity contribution in [2.75, 3.05) is 6.73 Å². The lowest BCUT2D eigenvalue weighted by atomic mass is 10.5. The number of carbonyl (C=O) groups excluding carboxylic acids is 3. The topological polar surface area (TPSA) is 63.7 Å². The van der Waals surface area contributed by atoms with Crippen LogP contribution in [0, 0.1) is 0 Å². The first kappa shape index (κ1) is 10.6. The molecule has 0 aromatic carbocycles. The van der Waals surface area contributed by atoms with Crippen molar-refractivity contribution < 1.29 is 19.1 Å². The van der Waals surface area contributed by atoms with E-state index in [1.807, 2.05) is 0 Å². The first-order valence-electron chi connectivity index (χ1n) is 3.37. The van der Waals surface area contributed by atoms with E-state index >= 15 is 0 Å². The highest BCUT2D eigenvalue weighted by molar-refractivity contribution is 5.92. The Kier molecular flexibility index (Phi) is 3.96. The fourth-order valence-electron chi connectivity index (χ4n) is 0.559. The minimum absolute atomic E-state index is 0.306. The maximum atomic E-state index is 10.7. The minimum Gasteiger partial charge on any atom is -0.444 e. The highest BCUT2D eigenvalue weighted by atomic mass is 16.5. The number of carbonyl (C=O) groups is 3. The number of esters is 1. The van der Waals surface area contributed by atoms with E-state index in [1.165, 1.54) is 20.8 Å². The third-order valence-electron chi connectivity index (χ3n) is 1.16. The van der Waals surface area contributed by atoms with Crippen molar-refractivity contribution >= 4 is 17.8 Å². The van der Waals surface area contributed by atoms with Crippen LogP contribution >= 0.6 is 0 Å². The van der Waals surface area contributed by atoms with Crippen LogP contribution in [0.15, 0.2) is 0 Å². The smallest absolute Gasteiger partial charge is 0.304 e. The van der Waals surface area contributed by atoms with Crippen LogP contribution in [-0.2, 0) is 19.1 Å². The number of hydrogen-bond acceptors (Lipinski definition) is 4. The molecule has 0 aliphatic carbocycles. The average Bonchev–Trinajstić information content (AvgIpc) is 1.84. The Labute approximate surface area is 70.3 Å². The van der Waals surface area contributed by atoms with Gasteiger partial charge in [-0.1, -0.05) is 0 Å². The SMILES string of the molecule is CC(=O)OCN(C(C)=O)C(C)=O. The van der Waals surface area contributed by atoms with Crippen LogP contribution in [0.1, 0.15) is 20.8 Å². The fraction of sp³-hybridized carbons (Fsp3) is 0.571. The summed E-state index contributed by atoms with van der Waals surface area (Å²) in [6.45, 7) is 3.36. The van der Waals surface area contributed by atoms with E-state index in [2.05, 4.69) is 4.74 Å². The maximum Gasteiger partial charge on any atom is 0.304 e. The van der Waals surface area contributed by atoms with Gasteiger partial charge in [-0.05, 0) is 0 Å². The molecule has 0 fully saturated rings. The molecule has 0 aromatic heterocycles. The molecule has 0 saturated heterocycles. The summed E-state index contributed by atoms with van der Waals surface area (Å²) < 4.78 is 4.47. The molecule has 0 radical (unpaired) electrons. The van der Waals surface area contributed by atoms with Gasteiger partial charge in [0.2, 0.25) is 11.8 Å². The van der Waals surface area contributed by atoms with Crippen molar-refractivity contribution in [2.45, 2.75) is 20.8 Å². The third-order valence-corrected chi connectivity index (χ3v) is 1.16. The predicted molar refractivity (Wildman–Crippen MR) is 39.8 cm³/mol. The largest absolute Gasteiger partial charge is 0.444 e. The number of imide groups is 1. The molecule has 0 N–H and O–H groups in total. The molecule has 0 heterocycles. The van der Waals surface area contributed by atoms with Crippen molar-refractivity contribution in [3.8, 4) is 0 Å². The van der Waals surface area contributed by atoms with Crippen LogP contribution in [0.4, 0.5) is 0 Å². The van der Waals surface area contributed by atoms with Gasteiger partial charge in [0.05, 0.1) is 0 Å². The van der Waals surface area contributed by atoms with E-state index < -0.39 is 17.8 Å². The summed E-state index contributed by atoms with van der Waals surface area (Å²) in [6.07, 6.45) is 0. The molecular weight excluding hydrogens is 162 g/mol. The summed E-state index contributed by atoms with van der Waals surface area (Å²) in [5.41, 5.74) is 0. The van der Waals surface area contributed by atoms with E-state index in [0.717, 1.165) is 4.90 Å². The Morgan fingerprint density at radius 2 is 1.50 bits per heavy atom. The molecule has 2 amide bonds. The fourth-order valence-corrected chi connectivity index (χ4v) is 0.559. The standard InChI is InChI=1S/C7H11NO4/c1-5(9)8(6(2)10)4-12-7(3)11/h4H2,1-3H3. The Morgan fingerprint density at radius 3 is 1.75 bits per heavy atom. The van der Waals surface area contributed by atoms with Gasteiger partial charge in [-0.3, -0.25) is 14.4 Å². The Bertz CT molecular complexity index is 197. The molecular formula is C7H11NO4.